The average molecular weight is 486 g/mol. The minimum Gasteiger partial charge on any atom is -0.370 e. The van der Waals surface area contributed by atoms with Gasteiger partial charge in [0.15, 0.2) is 0 Å². The van der Waals surface area contributed by atoms with Crippen LogP contribution in [0, 0.1) is 5.82 Å². The highest BCUT2D eigenvalue weighted by Crippen LogP contribution is 2.26. The van der Waals surface area contributed by atoms with Gasteiger partial charge in [0.1, 0.15) is 18.2 Å². The number of hydrogen-bond donors (Lipinski definition) is 2. The van der Waals surface area contributed by atoms with Crippen LogP contribution in [-0.2, 0) is 11.3 Å². The number of halogens is 2. The number of aromatic nitrogens is 2. The Morgan fingerprint density at radius 3 is 2.82 bits per heavy atom. The number of amides is 1. The number of benzene rings is 2. The van der Waals surface area contributed by atoms with Gasteiger partial charge in [0.2, 0.25) is 5.91 Å². The van der Waals surface area contributed by atoms with Gasteiger partial charge in [-0.05, 0) is 70.1 Å². The van der Waals surface area contributed by atoms with Crippen molar-refractivity contribution in [1.29, 1.82) is 0 Å². The van der Waals surface area contributed by atoms with Crippen molar-refractivity contribution in [3.8, 4) is 11.4 Å². The fraction of sp³-hybridized carbons (Fsp3) is 0.400. The molecule has 34 heavy (non-hydrogen) atoms. The number of anilines is 1. The van der Waals surface area contributed by atoms with Gasteiger partial charge in [-0.3, -0.25) is 14.2 Å². The molecule has 0 spiro atoms. The molecule has 1 aliphatic heterocycles. The van der Waals surface area contributed by atoms with Gasteiger partial charge in [-0.1, -0.05) is 11.6 Å². The normalized spacial score (nSPS) is 16.6. The predicted molar refractivity (Wildman–Crippen MR) is 134 cm³/mol. The van der Waals surface area contributed by atoms with Crippen LogP contribution in [0.1, 0.15) is 27.2 Å². The van der Waals surface area contributed by atoms with Crippen LogP contribution < -0.4 is 21.1 Å². The van der Waals surface area contributed by atoms with Crippen LogP contribution in [-0.4, -0.2) is 47.2 Å². The Kier molecular flexibility index (Phi) is 7.19. The van der Waals surface area contributed by atoms with Crippen molar-refractivity contribution in [2.45, 2.75) is 45.8 Å². The standard InChI is InChI=1S/C25H29ClFN5O2/c1-15(2)29-23(33)14-32-24(17-5-7-21(27)20(26)11-17)30-22-8-6-18(12-19(22)25(32)34)31-10-4-9-28-16(3)13-31/h5-8,11-12,15-16,28H,4,9-10,13-14H2,1-3H3,(H,29,33). The van der Waals surface area contributed by atoms with Gasteiger partial charge in [0.25, 0.3) is 5.56 Å². The van der Waals surface area contributed by atoms with Crippen LogP contribution in [0.25, 0.3) is 22.3 Å². The highest BCUT2D eigenvalue weighted by atomic mass is 35.5. The quantitative estimate of drug-likeness (QED) is 0.577. The zero-order chi connectivity index (χ0) is 24.4. The first-order valence-corrected chi connectivity index (χ1v) is 11.9. The first kappa shape index (κ1) is 24.2. The maximum absolute atomic E-state index is 13.8. The lowest BCUT2D eigenvalue weighted by molar-refractivity contribution is -0.122. The van der Waals surface area contributed by atoms with E-state index in [1.807, 2.05) is 32.0 Å². The SMILES string of the molecule is CC(C)NC(=O)Cn1c(-c2ccc(F)c(Cl)c2)nc2ccc(N3CCCNC(C)C3)cc2c1=O. The minimum absolute atomic E-state index is 0.0782. The van der Waals surface area contributed by atoms with Crippen LogP contribution >= 0.6 is 11.6 Å². The van der Waals surface area contributed by atoms with Gasteiger partial charge in [-0.15, -0.1) is 0 Å². The lowest BCUT2D eigenvalue weighted by Crippen LogP contribution is -2.37. The molecule has 0 radical (unpaired) electrons. The first-order valence-electron chi connectivity index (χ1n) is 11.5. The van der Waals surface area contributed by atoms with E-state index in [1.54, 1.807) is 0 Å². The molecule has 2 aromatic carbocycles. The van der Waals surface area contributed by atoms with Crippen molar-refractivity contribution in [2.75, 3.05) is 24.5 Å². The Morgan fingerprint density at radius 1 is 1.29 bits per heavy atom. The number of nitrogens with one attached hydrogen (secondary N) is 2. The molecule has 7 nitrogen and oxygen atoms in total. The molecule has 4 rings (SSSR count). The summed E-state index contributed by atoms with van der Waals surface area (Å²) in [4.78, 5) is 33.2. The fourth-order valence-electron chi connectivity index (χ4n) is 4.26. The van der Waals surface area contributed by atoms with Gasteiger partial charge in [-0.2, -0.15) is 0 Å². The minimum atomic E-state index is -0.566. The molecule has 0 bridgehead atoms. The Labute approximate surface area is 202 Å². The summed E-state index contributed by atoms with van der Waals surface area (Å²) in [5.41, 5.74) is 1.57. The molecule has 1 atom stereocenters. The van der Waals surface area contributed by atoms with E-state index >= 15 is 0 Å². The van der Waals surface area contributed by atoms with Crippen LogP contribution in [0.5, 0.6) is 0 Å². The van der Waals surface area contributed by atoms with Crippen molar-refractivity contribution in [3.63, 3.8) is 0 Å². The van der Waals surface area contributed by atoms with Crippen LogP contribution in [0.2, 0.25) is 5.02 Å². The molecule has 0 saturated carbocycles. The highest BCUT2D eigenvalue weighted by Gasteiger charge is 2.19. The first-order chi connectivity index (χ1) is 16.2. The molecule has 1 fully saturated rings. The molecular formula is C25H29ClFN5O2. The number of nitrogens with zero attached hydrogens (tertiary/aromatic N) is 3. The summed E-state index contributed by atoms with van der Waals surface area (Å²) in [6.07, 6.45) is 1.00. The van der Waals surface area contributed by atoms with Gasteiger partial charge >= 0.3 is 0 Å². The molecule has 0 aliphatic carbocycles. The molecule has 3 aromatic rings. The molecule has 1 saturated heterocycles. The molecule has 1 aromatic heterocycles. The number of fused-ring (bicyclic) bond motifs is 1. The average Bonchev–Trinajstić information content (AvgIpc) is 3.01. The Hall–Kier alpha value is -2.97. The lowest BCUT2D eigenvalue weighted by atomic mass is 10.1. The van der Waals surface area contributed by atoms with E-state index in [9.17, 15) is 14.0 Å². The van der Waals surface area contributed by atoms with Crippen molar-refractivity contribution >= 4 is 34.1 Å². The second-order valence-electron chi connectivity index (χ2n) is 9.03. The zero-order valence-corrected chi connectivity index (χ0v) is 20.3. The van der Waals surface area contributed by atoms with E-state index in [4.69, 9.17) is 16.6 Å². The van der Waals surface area contributed by atoms with Crippen LogP contribution in [0.3, 0.4) is 0 Å². The maximum atomic E-state index is 13.8. The van der Waals surface area contributed by atoms with Crippen molar-refractivity contribution in [3.05, 3.63) is 57.6 Å². The summed E-state index contributed by atoms with van der Waals surface area (Å²) >= 11 is 6.00. The number of hydrogen-bond acceptors (Lipinski definition) is 5. The molecule has 2 heterocycles. The van der Waals surface area contributed by atoms with Crippen molar-refractivity contribution < 1.29 is 9.18 Å². The van der Waals surface area contributed by atoms with Crippen LogP contribution in [0.4, 0.5) is 10.1 Å². The van der Waals surface area contributed by atoms with E-state index in [1.165, 1.54) is 22.8 Å². The summed E-state index contributed by atoms with van der Waals surface area (Å²) in [6, 6.07) is 10.0. The van der Waals surface area contributed by atoms with Crippen LogP contribution in [0.15, 0.2) is 41.2 Å². The fourth-order valence-corrected chi connectivity index (χ4v) is 4.44. The summed E-state index contributed by atoms with van der Waals surface area (Å²) in [5, 5.41) is 6.63. The Morgan fingerprint density at radius 2 is 2.09 bits per heavy atom. The molecule has 1 unspecified atom stereocenters. The highest BCUT2D eigenvalue weighted by molar-refractivity contribution is 6.31. The predicted octanol–water partition coefficient (Wildman–Crippen LogP) is 3.57. The molecule has 1 amide bonds. The van der Waals surface area contributed by atoms with Crippen molar-refractivity contribution in [2.24, 2.45) is 0 Å². The summed E-state index contributed by atoms with van der Waals surface area (Å²) < 4.78 is 15.1. The molecule has 2 N–H and O–H groups in total. The summed E-state index contributed by atoms with van der Waals surface area (Å²) in [5.74, 6) is -0.613. The summed E-state index contributed by atoms with van der Waals surface area (Å²) in [6.45, 7) is 8.30. The monoisotopic (exact) mass is 485 g/mol. The topological polar surface area (TPSA) is 79.3 Å². The molecule has 1 aliphatic rings. The van der Waals surface area contributed by atoms with E-state index < -0.39 is 5.82 Å². The smallest absolute Gasteiger partial charge is 0.262 e. The summed E-state index contributed by atoms with van der Waals surface area (Å²) in [7, 11) is 0. The third-order valence-electron chi connectivity index (χ3n) is 5.82. The Balaban J connectivity index is 1.85. The van der Waals surface area contributed by atoms with Gasteiger partial charge < -0.3 is 15.5 Å². The zero-order valence-electron chi connectivity index (χ0n) is 19.6. The van der Waals surface area contributed by atoms with E-state index in [0.717, 1.165) is 31.7 Å². The third kappa shape index (κ3) is 5.23. The number of carbonyl (C=O) groups is 1. The second kappa shape index (κ2) is 10.1. The van der Waals surface area contributed by atoms with Gasteiger partial charge in [0, 0.05) is 36.4 Å². The van der Waals surface area contributed by atoms with Gasteiger partial charge in [-0.25, -0.2) is 9.37 Å². The third-order valence-corrected chi connectivity index (χ3v) is 6.11. The van der Waals surface area contributed by atoms with E-state index in [2.05, 4.69) is 22.5 Å². The maximum Gasteiger partial charge on any atom is 0.262 e. The largest absolute Gasteiger partial charge is 0.370 e. The molecule has 9 heteroatoms. The second-order valence-corrected chi connectivity index (χ2v) is 9.44. The van der Waals surface area contributed by atoms with E-state index in [-0.39, 0.29) is 34.9 Å². The van der Waals surface area contributed by atoms with Crippen molar-refractivity contribution in [1.82, 2.24) is 20.2 Å². The molecule has 180 valence electrons. The molecular weight excluding hydrogens is 457 g/mol. The number of rotatable bonds is 5. The van der Waals surface area contributed by atoms with Gasteiger partial charge in [0.05, 0.1) is 15.9 Å². The van der Waals surface area contributed by atoms with E-state index in [0.29, 0.717) is 22.5 Å². The lowest BCUT2D eigenvalue weighted by Gasteiger charge is -2.25. The number of carbonyl (C=O) groups excluding carboxylic acids is 1. The Bertz CT molecular complexity index is 1280.